The van der Waals surface area contributed by atoms with Crippen LogP contribution >= 0.6 is 0 Å². The fourth-order valence-electron chi connectivity index (χ4n) is 2.07. The van der Waals surface area contributed by atoms with Gasteiger partial charge in [-0.25, -0.2) is 0 Å². The Hall–Kier alpha value is -1.43. The molecule has 0 bridgehead atoms. The number of rotatable bonds is 7. The Kier molecular flexibility index (Phi) is 6.13. The number of aliphatic hydroxyl groups is 2. The molecule has 0 aliphatic carbocycles. The van der Waals surface area contributed by atoms with Gasteiger partial charge in [-0.15, -0.1) is 0 Å². The van der Waals surface area contributed by atoms with Crippen LogP contribution < -0.4 is 5.32 Å². The third-order valence-electron chi connectivity index (χ3n) is 3.14. The fraction of sp³-hybridized carbons (Fsp3) is 0.533. The largest absolute Gasteiger partial charge is 0.396 e. The van der Waals surface area contributed by atoms with Gasteiger partial charge in [-0.2, -0.15) is 0 Å². The summed E-state index contributed by atoms with van der Waals surface area (Å²) in [5.74, 6) is -0.0865. The van der Waals surface area contributed by atoms with Crippen molar-refractivity contribution in [1.29, 1.82) is 0 Å². The van der Waals surface area contributed by atoms with Crippen LogP contribution in [0.2, 0.25) is 0 Å². The minimum atomic E-state index is -0.495. The molecule has 0 fully saturated rings. The predicted octanol–water partition coefficient (Wildman–Crippen LogP) is 1.07. The molecule has 0 saturated heterocycles. The van der Waals surface area contributed by atoms with E-state index in [-0.39, 0.29) is 19.1 Å². The SMILES string of the molecule is CC(=O)Nc1ccc(CN(C)CC(C)(CO)CO)cc1. The van der Waals surface area contributed by atoms with Crippen molar-refractivity contribution in [2.24, 2.45) is 5.41 Å². The quantitative estimate of drug-likeness (QED) is 0.698. The number of amides is 1. The molecule has 0 saturated carbocycles. The first kappa shape index (κ1) is 16.6. The van der Waals surface area contributed by atoms with Crippen molar-refractivity contribution in [3.05, 3.63) is 29.8 Å². The molecule has 0 aliphatic heterocycles. The van der Waals surface area contributed by atoms with Crippen molar-refractivity contribution in [2.75, 3.05) is 32.1 Å². The number of carbonyl (C=O) groups is 1. The highest BCUT2D eigenvalue weighted by molar-refractivity contribution is 5.88. The van der Waals surface area contributed by atoms with Gasteiger partial charge in [0.2, 0.25) is 5.91 Å². The molecule has 0 spiro atoms. The van der Waals surface area contributed by atoms with Crippen molar-refractivity contribution < 1.29 is 15.0 Å². The normalized spacial score (nSPS) is 11.7. The van der Waals surface area contributed by atoms with Crippen LogP contribution in [0.5, 0.6) is 0 Å². The molecule has 3 N–H and O–H groups in total. The average Bonchev–Trinajstić information content (AvgIpc) is 2.40. The molecule has 0 heterocycles. The van der Waals surface area contributed by atoms with E-state index in [2.05, 4.69) is 10.2 Å². The first-order valence-corrected chi connectivity index (χ1v) is 6.65. The summed E-state index contributed by atoms with van der Waals surface area (Å²) in [6.07, 6.45) is 0. The average molecular weight is 280 g/mol. The second-order valence-corrected chi connectivity index (χ2v) is 5.68. The van der Waals surface area contributed by atoms with E-state index in [1.54, 1.807) is 0 Å². The Bertz CT molecular complexity index is 427. The van der Waals surface area contributed by atoms with Crippen LogP contribution in [0.15, 0.2) is 24.3 Å². The van der Waals surface area contributed by atoms with E-state index < -0.39 is 5.41 Å². The third-order valence-corrected chi connectivity index (χ3v) is 3.14. The summed E-state index contributed by atoms with van der Waals surface area (Å²) in [6, 6.07) is 7.64. The van der Waals surface area contributed by atoms with Gasteiger partial charge in [0, 0.05) is 31.1 Å². The molecule has 112 valence electrons. The summed E-state index contributed by atoms with van der Waals surface area (Å²) >= 11 is 0. The van der Waals surface area contributed by atoms with E-state index in [9.17, 15) is 15.0 Å². The van der Waals surface area contributed by atoms with Crippen LogP contribution in [0.1, 0.15) is 19.4 Å². The first-order chi connectivity index (χ1) is 9.38. The van der Waals surface area contributed by atoms with Gasteiger partial charge in [0.25, 0.3) is 0 Å². The molecule has 0 aromatic heterocycles. The Labute approximate surface area is 120 Å². The zero-order valence-electron chi connectivity index (χ0n) is 12.4. The maximum Gasteiger partial charge on any atom is 0.221 e. The van der Waals surface area contributed by atoms with Crippen LogP contribution in [0.3, 0.4) is 0 Å². The van der Waals surface area contributed by atoms with Gasteiger partial charge in [0.05, 0.1) is 13.2 Å². The number of aliphatic hydroxyl groups excluding tert-OH is 2. The molecule has 0 radical (unpaired) electrons. The summed E-state index contributed by atoms with van der Waals surface area (Å²) in [6.45, 7) is 4.56. The Morgan fingerprint density at radius 3 is 2.25 bits per heavy atom. The van der Waals surface area contributed by atoms with Crippen molar-refractivity contribution >= 4 is 11.6 Å². The lowest BCUT2D eigenvalue weighted by molar-refractivity contribution is -0.114. The molecule has 1 aromatic carbocycles. The lowest BCUT2D eigenvalue weighted by atomic mass is 9.92. The van der Waals surface area contributed by atoms with E-state index >= 15 is 0 Å². The van der Waals surface area contributed by atoms with E-state index in [4.69, 9.17) is 0 Å². The Morgan fingerprint density at radius 2 is 1.80 bits per heavy atom. The summed E-state index contributed by atoms with van der Waals surface area (Å²) in [4.78, 5) is 13.0. The van der Waals surface area contributed by atoms with Gasteiger partial charge in [-0.05, 0) is 24.7 Å². The van der Waals surface area contributed by atoms with Crippen molar-refractivity contribution in [2.45, 2.75) is 20.4 Å². The van der Waals surface area contributed by atoms with Crippen LogP contribution in [-0.4, -0.2) is 47.8 Å². The zero-order chi connectivity index (χ0) is 15.2. The van der Waals surface area contributed by atoms with Crippen LogP contribution in [0.4, 0.5) is 5.69 Å². The molecule has 5 nitrogen and oxygen atoms in total. The van der Waals surface area contributed by atoms with Crippen LogP contribution in [0, 0.1) is 5.41 Å². The molecule has 20 heavy (non-hydrogen) atoms. The lowest BCUT2D eigenvalue weighted by Gasteiger charge is -2.30. The molecule has 0 atom stereocenters. The standard InChI is InChI=1S/C15H24N2O3/c1-12(20)16-14-6-4-13(5-7-14)8-17(3)9-15(2,10-18)11-19/h4-7,18-19H,8-11H2,1-3H3,(H,16,20). The summed E-state index contributed by atoms with van der Waals surface area (Å²) in [5.41, 5.74) is 1.39. The second-order valence-electron chi connectivity index (χ2n) is 5.68. The number of hydrogen-bond acceptors (Lipinski definition) is 4. The number of nitrogens with one attached hydrogen (secondary N) is 1. The molecule has 0 aliphatic rings. The van der Waals surface area contributed by atoms with Crippen LogP contribution in [-0.2, 0) is 11.3 Å². The maximum atomic E-state index is 10.9. The molecule has 5 heteroatoms. The molecule has 0 unspecified atom stereocenters. The number of carbonyl (C=O) groups excluding carboxylic acids is 1. The number of nitrogens with zero attached hydrogens (tertiary/aromatic N) is 1. The second kappa shape index (κ2) is 7.38. The van der Waals surface area contributed by atoms with Crippen molar-refractivity contribution in [3.63, 3.8) is 0 Å². The highest BCUT2D eigenvalue weighted by Gasteiger charge is 2.24. The van der Waals surface area contributed by atoms with Gasteiger partial charge < -0.3 is 20.4 Å². The van der Waals surface area contributed by atoms with Gasteiger partial charge in [-0.1, -0.05) is 19.1 Å². The highest BCUT2D eigenvalue weighted by atomic mass is 16.3. The van der Waals surface area contributed by atoms with Crippen molar-refractivity contribution in [3.8, 4) is 0 Å². The van der Waals surface area contributed by atoms with Gasteiger partial charge in [-0.3, -0.25) is 4.79 Å². The summed E-state index contributed by atoms with van der Waals surface area (Å²) < 4.78 is 0. The molecule has 1 aromatic rings. The molecule has 1 rings (SSSR count). The highest BCUT2D eigenvalue weighted by Crippen LogP contribution is 2.17. The predicted molar refractivity (Wildman–Crippen MR) is 79.4 cm³/mol. The van der Waals surface area contributed by atoms with Gasteiger partial charge >= 0.3 is 0 Å². The van der Waals surface area contributed by atoms with E-state index in [0.29, 0.717) is 6.54 Å². The monoisotopic (exact) mass is 280 g/mol. The van der Waals surface area contributed by atoms with Crippen LogP contribution in [0.25, 0.3) is 0 Å². The number of anilines is 1. The smallest absolute Gasteiger partial charge is 0.221 e. The molecular weight excluding hydrogens is 256 g/mol. The van der Waals surface area contributed by atoms with E-state index in [1.807, 2.05) is 38.2 Å². The topological polar surface area (TPSA) is 72.8 Å². The minimum Gasteiger partial charge on any atom is -0.396 e. The molecular formula is C15H24N2O3. The van der Waals surface area contributed by atoms with Gasteiger partial charge in [0.15, 0.2) is 0 Å². The number of hydrogen-bond donors (Lipinski definition) is 3. The maximum absolute atomic E-state index is 10.9. The fourth-order valence-corrected chi connectivity index (χ4v) is 2.07. The first-order valence-electron chi connectivity index (χ1n) is 6.65. The molecule has 1 amide bonds. The van der Waals surface area contributed by atoms with E-state index in [0.717, 1.165) is 17.8 Å². The van der Waals surface area contributed by atoms with Gasteiger partial charge in [0.1, 0.15) is 0 Å². The van der Waals surface area contributed by atoms with Crippen molar-refractivity contribution in [1.82, 2.24) is 4.90 Å². The Balaban J connectivity index is 2.58. The summed E-state index contributed by atoms with van der Waals surface area (Å²) in [5, 5.41) is 21.3. The van der Waals surface area contributed by atoms with E-state index in [1.165, 1.54) is 6.92 Å². The Morgan fingerprint density at radius 1 is 1.25 bits per heavy atom. The zero-order valence-corrected chi connectivity index (χ0v) is 12.4. The summed E-state index contributed by atoms with van der Waals surface area (Å²) in [7, 11) is 1.95. The minimum absolute atomic E-state index is 0.0463. The lowest BCUT2D eigenvalue weighted by Crippen LogP contribution is -2.38. The number of benzene rings is 1. The third kappa shape index (κ3) is 5.28.